The summed E-state index contributed by atoms with van der Waals surface area (Å²) in [6.45, 7) is 1.57. The Hall–Kier alpha value is -1.58. The van der Waals surface area contributed by atoms with E-state index >= 15 is 0 Å². The Bertz CT molecular complexity index is 569. The molecule has 0 spiro atoms. The number of thioether (sulfide) groups is 1. The molecule has 1 aromatic rings. The molecule has 0 radical (unpaired) electrons. The molecule has 0 saturated heterocycles. The fraction of sp³-hybridized carbons (Fsp3) is 0.462. The van der Waals surface area contributed by atoms with Gasteiger partial charge < -0.3 is 19.9 Å². The highest BCUT2D eigenvalue weighted by Crippen LogP contribution is 2.34. The van der Waals surface area contributed by atoms with Crippen molar-refractivity contribution in [2.24, 2.45) is 0 Å². The maximum Gasteiger partial charge on any atom is 0.348 e. The fourth-order valence-electron chi connectivity index (χ4n) is 1.63. The zero-order valence-electron chi connectivity index (χ0n) is 12.4. The Morgan fingerprint density at radius 2 is 1.86 bits per heavy atom. The van der Waals surface area contributed by atoms with Crippen LogP contribution in [-0.4, -0.2) is 55.3 Å². The first-order valence-electron chi connectivity index (χ1n) is 6.24. The molecule has 7 nitrogen and oxygen atoms in total. The van der Waals surface area contributed by atoms with Crippen molar-refractivity contribution in [2.45, 2.75) is 6.92 Å². The minimum Gasteiger partial charge on any atom is -0.465 e. The number of carbonyl (C=O) groups is 3. The van der Waals surface area contributed by atoms with Crippen LogP contribution in [0.4, 0.5) is 5.00 Å². The first-order chi connectivity index (χ1) is 10.5. The topological polar surface area (TPSA) is 102 Å². The second-order valence-corrected chi connectivity index (χ2v) is 6.19. The zero-order valence-corrected chi connectivity index (χ0v) is 14.1. The molecule has 0 fully saturated rings. The average molecular weight is 347 g/mol. The lowest BCUT2D eigenvalue weighted by molar-refractivity contribution is -0.113. The molecule has 0 aromatic carbocycles. The highest BCUT2D eigenvalue weighted by atomic mass is 32.2. The third kappa shape index (κ3) is 4.46. The first kappa shape index (κ1) is 18.5. The summed E-state index contributed by atoms with van der Waals surface area (Å²) in [6, 6.07) is 0. The molecular formula is C13H17NO6S2. The van der Waals surface area contributed by atoms with Gasteiger partial charge in [0, 0.05) is 5.75 Å². The molecule has 1 aromatic heterocycles. The highest BCUT2D eigenvalue weighted by molar-refractivity contribution is 7.99. The summed E-state index contributed by atoms with van der Waals surface area (Å²) in [5.74, 6) is -0.980. The van der Waals surface area contributed by atoms with E-state index in [1.54, 1.807) is 6.92 Å². The second-order valence-electron chi connectivity index (χ2n) is 4.07. The molecule has 22 heavy (non-hydrogen) atoms. The molecule has 122 valence electrons. The monoisotopic (exact) mass is 347 g/mol. The van der Waals surface area contributed by atoms with Gasteiger partial charge in [-0.3, -0.25) is 4.79 Å². The van der Waals surface area contributed by atoms with Gasteiger partial charge in [-0.15, -0.1) is 23.1 Å². The normalized spacial score (nSPS) is 10.2. The number of aliphatic hydroxyl groups is 1. The van der Waals surface area contributed by atoms with E-state index in [4.69, 9.17) is 9.84 Å². The molecule has 9 heteroatoms. The Kier molecular flexibility index (Phi) is 7.36. The van der Waals surface area contributed by atoms with Gasteiger partial charge >= 0.3 is 11.9 Å². The Morgan fingerprint density at radius 1 is 1.23 bits per heavy atom. The van der Waals surface area contributed by atoms with Crippen molar-refractivity contribution in [3.63, 3.8) is 0 Å². The van der Waals surface area contributed by atoms with Gasteiger partial charge in [-0.25, -0.2) is 9.59 Å². The lowest BCUT2D eigenvalue weighted by atomic mass is 10.1. The molecule has 2 N–H and O–H groups in total. The van der Waals surface area contributed by atoms with Crippen LogP contribution >= 0.6 is 23.1 Å². The number of ether oxygens (including phenoxy) is 2. The standard InChI is InChI=1S/C13H17NO6S2/c1-7-9(12(17)19-2)11(22-10(7)13(18)20-3)14-8(16)6-21-5-4-15/h15H,4-6H2,1-3H3,(H,14,16). The second kappa shape index (κ2) is 8.76. The van der Waals surface area contributed by atoms with E-state index in [9.17, 15) is 14.4 Å². The van der Waals surface area contributed by atoms with Crippen LogP contribution in [0, 0.1) is 6.92 Å². The van der Waals surface area contributed by atoms with Crippen molar-refractivity contribution in [1.29, 1.82) is 0 Å². The lowest BCUT2D eigenvalue weighted by Gasteiger charge is -2.05. The number of aliphatic hydroxyl groups excluding tert-OH is 1. The molecule has 0 saturated carbocycles. The molecular weight excluding hydrogens is 330 g/mol. The number of rotatable bonds is 7. The van der Waals surface area contributed by atoms with Gasteiger partial charge in [-0.1, -0.05) is 0 Å². The Labute approximate surface area is 136 Å². The molecule has 0 bridgehead atoms. The van der Waals surface area contributed by atoms with Gasteiger partial charge in [0.1, 0.15) is 9.88 Å². The number of methoxy groups -OCH3 is 2. The van der Waals surface area contributed by atoms with Crippen LogP contribution in [0.15, 0.2) is 0 Å². The molecule has 1 heterocycles. The van der Waals surface area contributed by atoms with Crippen LogP contribution in [0.5, 0.6) is 0 Å². The third-order valence-electron chi connectivity index (χ3n) is 2.63. The van der Waals surface area contributed by atoms with E-state index in [0.717, 1.165) is 11.3 Å². The van der Waals surface area contributed by atoms with Crippen LogP contribution in [0.1, 0.15) is 25.6 Å². The van der Waals surface area contributed by atoms with Gasteiger partial charge in [-0.05, 0) is 12.5 Å². The summed E-state index contributed by atoms with van der Waals surface area (Å²) in [4.78, 5) is 35.6. The van der Waals surface area contributed by atoms with Crippen LogP contribution in [0.2, 0.25) is 0 Å². The number of thiophene rings is 1. The zero-order chi connectivity index (χ0) is 16.7. The smallest absolute Gasteiger partial charge is 0.348 e. The van der Waals surface area contributed by atoms with E-state index in [2.05, 4.69) is 10.1 Å². The fourth-order valence-corrected chi connectivity index (χ4v) is 3.29. The molecule has 0 aliphatic rings. The number of esters is 2. The van der Waals surface area contributed by atoms with Crippen LogP contribution < -0.4 is 5.32 Å². The van der Waals surface area contributed by atoms with E-state index < -0.39 is 11.9 Å². The lowest BCUT2D eigenvalue weighted by Crippen LogP contribution is -2.16. The van der Waals surface area contributed by atoms with E-state index in [1.165, 1.54) is 26.0 Å². The van der Waals surface area contributed by atoms with Crippen LogP contribution in [0.25, 0.3) is 0 Å². The molecule has 0 aliphatic heterocycles. The summed E-state index contributed by atoms with van der Waals surface area (Å²) in [6.07, 6.45) is 0. The molecule has 1 rings (SSSR count). The quantitative estimate of drug-likeness (QED) is 0.566. The highest BCUT2D eigenvalue weighted by Gasteiger charge is 2.26. The number of nitrogens with one attached hydrogen (secondary N) is 1. The van der Waals surface area contributed by atoms with Crippen molar-refractivity contribution in [1.82, 2.24) is 0 Å². The van der Waals surface area contributed by atoms with Crippen molar-refractivity contribution in [2.75, 3.05) is 37.6 Å². The third-order valence-corrected chi connectivity index (χ3v) is 4.75. The van der Waals surface area contributed by atoms with Gasteiger partial charge in [0.2, 0.25) is 5.91 Å². The number of anilines is 1. The summed E-state index contributed by atoms with van der Waals surface area (Å²) >= 11 is 2.22. The Morgan fingerprint density at radius 3 is 2.41 bits per heavy atom. The first-order valence-corrected chi connectivity index (χ1v) is 8.21. The van der Waals surface area contributed by atoms with E-state index in [0.29, 0.717) is 11.3 Å². The minimum absolute atomic E-state index is 0.0179. The van der Waals surface area contributed by atoms with E-state index in [-0.39, 0.29) is 33.7 Å². The summed E-state index contributed by atoms with van der Waals surface area (Å²) in [5, 5.41) is 11.5. The van der Waals surface area contributed by atoms with Gasteiger partial charge in [0.05, 0.1) is 32.1 Å². The average Bonchev–Trinajstić information content (AvgIpc) is 2.82. The Balaban J connectivity index is 3.04. The van der Waals surface area contributed by atoms with Crippen molar-refractivity contribution < 1.29 is 29.0 Å². The predicted octanol–water partition coefficient (Wildman–Crippen LogP) is 1.29. The van der Waals surface area contributed by atoms with Crippen molar-refractivity contribution in [3.05, 3.63) is 16.0 Å². The van der Waals surface area contributed by atoms with Crippen LogP contribution in [-0.2, 0) is 14.3 Å². The molecule has 0 aliphatic carbocycles. The largest absolute Gasteiger partial charge is 0.465 e. The maximum atomic E-state index is 11.9. The van der Waals surface area contributed by atoms with Gasteiger partial charge in [0.15, 0.2) is 0 Å². The number of hydrogen-bond donors (Lipinski definition) is 2. The maximum absolute atomic E-state index is 11.9. The number of amides is 1. The van der Waals surface area contributed by atoms with Gasteiger partial charge in [0.25, 0.3) is 0 Å². The molecule has 0 atom stereocenters. The molecule has 1 amide bonds. The van der Waals surface area contributed by atoms with Crippen molar-refractivity contribution >= 4 is 45.9 Å². The van der Waals surface area contributed by atoms with Crippen LogP contribution in [0.3, 0.4) is 0 Å². The predicted molar refractivity (Wildman–Crippen MR) is 84.8 cm³/mol. The van der Waals surface area contributed by atoms with E-state index in [1.807, 2.05) is 0 Å². The summed E-state index contributed by atoms with van der Waals surface area (Å²) < 4.78 is 9.35. The minimum atomic E-state index is -0.637. The summed E-state index contributed by atoms with van der Waals surface area (Å²) in [5.41, 5.74) is 0.551. The SMILES string of the molecule is COC(=O)c1sc(NC(=O)CSCCO)c(C(=O)OC)c1C. The number of carbonyl (C=O) groups excluding carboxylic acids is 3. The van der Waals surface area contributed by atoms with Crippen molar-refractivity contribution in [3.8, 4) is 0 Å². The summed E-state index contributed by atoms with van der Waals surface area (Å²) in [7, 11) is 2.46. The number of hydrogen-bond acceptors (Lipinski definition) is 8. The molecule has 0 unspecified atom stereocenters. The van der Waals surface area contributed by atoms with Gasteiger partial charge in [-0.2, -0.15) is 0 Å².